The van der Waals surface area contributed by atoms with Crippen LogP contribution in [0.15, 0.2) is 6.07 Å². The molecule has 94 valence electrons. The molecule has 5 heteroatoms. The van der Waals surface area contributed by atoms with E-state index in [-0.39, 0.29) is 6.61 Å². The Morgan fingerprint density at radius 1 is 1.59 bits per heavy atom. The predicted molar refractivity (Wildman–Crippen MR) is 66.5 cm³/mol. The van der Waals surface area contributed by atoms with Crippen molar-refractivity contribution in [3.63, 3.8) is 0 Å². The largest absolute Gasteiger partial charge is 0.477 e. The second kappa shape index (κ2) is 5.16. The number of aliphatic hydroxyl groups excluding tert-OH is 1. The van der Waals surface area contributed by atoms with Gasteiger partial charge < -0.3 is 10.2 Å². The molecule has 0 aliphatic heterocycles. The van der Waals surface area contributed by atoms with Gasteiger partial charge in [0.05, 0.1) is 6.61 Å². The van der Waals surface area contributed by atoms with Gasteiger partial charge in [-0.15, -0.1) is 11.3 Å². The molecule has 1 aliphatic rings. The molecule has 1 aromatic rings. The lowest BCUT2D eigenvalue weighted by Gasteiger charge is -2.20. The molecule has 1 saturated carbocycles. The molecule has 1 aromatic heterocycles. The SMILES string of the molecule is Cc1sc(C(=O)O)cc1CN(CCO)C1CC1. The van der Waals surface area contributed by atoms with Gasteiger partial charge in [0, 0.05) is 24.0 Å². The summed E-state index contributed by atoms with van der Waals surface area (Å²) in [5.74, 6) is -0.857. The molecule has 4 nitrogen and oxygen atoms in total. The van der Waals surface area contributed by atoms with E-state index in [0.29, 0.717) is 17.5 Å². The summed E-state index contributed by atoms with van der Waals surface area (Å²) in [6.07, 6.45) is 2.38. The van der Waals surface area contributed by atoms with Crippen molar-refractivity contribution in [1.82, 2.24) is 4.90 Å². The highest BCUT2D eigenvalue weighted by molar-refractivity contribution is 7.14. The number of thiophene rings is 1. The van der Waals surface area contributed by atoms with Crippen LogP contribution in [0, 0.1) is 6.92 Å². The van der Waals surface area contributed by atoms with Gasteiger partial charge >= 0.3 is 5.97 Å². The van der Waals surface area contributed by atoms with Crippen molar-refractivity contribution >= 4 is 17.3 Å². The average molecular weight is 255 g/mol. The monoisotopic (exact) mass is 255 g/mol. The minimum absolute atomic E-state index is 0.158. The highest BCUT2D eigenvalue weighted by atomic mass is 32.1. The van der Waals surface area contributed by atoms with Gasteiger partial charge in [-0.25, -0.2) is 4.79 Å². The Bertz CT molecular complexity index is 412. The molecule has 0 amide bonds. The summed E-state index contributed by atoms with van der Waals surface area (Å²) in [6, 6.07) is 2.34. The fourth-order valence-corrected chi connectivity index (χ4v) is 2.83. The topological polar surface area (TPSA) is 60.8 Å². The predicted octanol–water partition coefficient (Wildman–Crippen LogP) is 1.71. The molecule has 0 spiro atoms. The molecule has 0 aromatic carbocycles. The minimum Gasteiger partial charge on any atom is -0.477 e. The summed E-state index contributed by atoms with van der Waals surface area (Å²) in [5.41, 5.74) is 1.08. The van der Waals surface area contributed by atoms with Gasteiger partial charge in [-0.2, -0.15) is 0 Å². The van der Waals surface area contributed by atoms with Crippen molar-refractivity contribution in [2.24, 2.45) is 0 Å². The van der Waals surface area contributed by atoms with Crippen LogP contribution in [0.5, 0.6) is 0 Å². The number of hydrogen-bond acceptors (Lipinski definition) is 4. The van der Waals surface area contributed by atoms with Crippen molar-refractivity contribution in [3.8, 4) is 0 Å². The standard InChI is InChI=1S/C12H17NO3S/c1-8-9(6-11(17-8)12(15)16)7-13(4-5-14)10-2-3-10/h6,10,14H,2-5,7H2,1H3,(H,15,16). The summed E-state index contributed by atoms with van der Waals surface area (Å²) in [7, 11) is 0. The molecule has 0 bridgehead atoms. The Hall–Kier alpha value is -0.910. The summed E-state index contributed by atoms with van der Waals surface area (Å²) < 4.78 is 0. The number of carbonyl (C=O) groups is 1. The third-order valence-electron chi connectivity index (χ3n) is 3.06. The Kier molecular flexibility index (Phi) is 3.81. The number of aromatic carboxylic acids is 1. The number of aliphatic hydroxyl groups is 1. The zero-order chi connectivity index (χ0) is 12.4. The maximum Gasteiger partial charge on any atom is 0.345 e. The smallest absolute Gasteiger partial charge is 0.345 e. The quantitative estimate of drug-likeness (QED) is 0.812. The van der Waals surface area contributed by atoms with Gasteiger partial charge in [-0.05, 0) is 31.4 Å². The molecule has 0 atom stereocenters. The van der Waals surface area contributed by atoms with E-state index in [4.69, 9.17) is 10.2 Å². The maximum absolute atomic E-state index is 10.9. The summed E-state index contributed by atoms with van der Waals surface area (Å²) >= 11 is 1.33. The average Bonchev–Trinajstić information content (AvgIpc) is 3.04. The minimum atomic E-state index is -0.857. The summed E-state index contributed by atoms with van der Waals surface area (Å²) in [5, 5.41) is 18.0. The first-order chi connectivity index (χ1) is 8.11. The van der Waals surface area contributed by atoms with Gasteiger partial charge in [0.25, 0.3) is 0 Å². The Morgan fingerprint density at radius 3 is 2.76 bits per heavy atom. The van der Waals surface area contributed by atoms with E-state index >= 15 is 0 Å². The first kappa shape index (κ1) is 12.5. The van der Waals surface area contributed by atoms with Gasteiger partial charge in [0.1, 0.15) is 4.88 Å². The molecule has 1 heterocycles. The van der Waals surface area contributed by atoms with E-state index < -0.39 is 5.97 Å². The third-order valence-corrected chi connectivity index (χ3v) is 4.14. The van der Waals surface area contributed by atoms with Crippen LogP contribution in [0.25, 0.3) is 0 Å². The summed E-state index contributed by atoms with van der Waals surface area (Å²) in [4.78, 5) is 14.6. The first-order valence-corrected chi connectivity index (χ1v) is 6.61. The van der Waals surface area contributed by atoms with Gasteiger partial charge in [-0.1, -0.05) is 0 Å². The zero-order valence-corrected chi connectivity index (χ0v) is 10.7. The lowest BCUT2D eigenvalue weighted by molar-refractivity contribution is 0.0702. The number of nitrogens with zero attached hydrogens (tertiary/aromatic N) is 1. The molecule has 1 aliphatic carbocycles. The number of rotatable bonds is 6. The summed E-state index contributed by atoms with van der Waals surface area (Å²) in [6.45, 7) is 3.53. The Morgan fingerprint density at radius 2 is 2.29 bits per heavy atom. The number of carboxylic acids is 1. The number of hydrogen-bond donors (Lipinski definition) is 2. The maximum atomic E-state index is 10.9. The van der Waals surface area contributed by atoms with Crippen molar-refractivity contribution in [2.45, 2.75) is 32.4 Å². The second-order valence-electron chi connectivity index (χ2n) is 4.42. The van der Waals surface area contributed by atoms with Crippen molar-refractivity contribution in [2.75, 3.05) is 13.2 Å². The third kappa shape index (κ3) is 3.06. The second-order valence-corrected chi connectivity index (χ2v) is 5.68. The van der Waals surface area contributed by atoms with Crippen LogP contribution < -0.4 is 0 Å². The van der Waals surface area contributed by atoms with Gasteiger partial charge in [0.15, 0.2) is 0 Å². The molecular weight excluding hydrogens is 238 g/mol. The van der Waals surface area contributed by atoms with Crippen LogP contribution in [0.2, 0.25) is 0 Å². The van der Waals surface area contributed by atoms with E-state index in [1.54, 1.807) is 6.07 Å². The van der Waals surface area contributed by atoms with E-state index in [1.807, 2.05) is 6.92 Å². The van der Waals surface area contributed by atoms with Gasteiger partial charge in [0.2, 0.25) is 0 Å². The highest BCUT2D eigenvalue weighted by Crippen LogP contribution is 2.30. The lowest BCUT2D eigenvalue weighted by Crippen LogP contribution is -2.28. The van der Waals surface area contributed by atoms with Crippen LogP contribution >= 0.6 is 11.3 Å². The fourth-order valence-electron chi connectivity index (χ4n) is 1.96. The fraction of sp³-hybridized carbons (Fsp3) is 0.583. The molecule has 1 fully saturated rings. The lowest BCUT2D eigenvalue weighted by atomic mass is 10.2. The van der Waals surface area contributed by atoms with E-state index in [0.717, 1.165) is 17.0 Å². The van der Waals surface area contributed by atoms with Crippen LogP contribution in [0.3, 0.4) is 0 Å². The normalized spacial score (nSPS) is 15.5. The van der Waals surface area contributed by atoms with E-state index in [1.165, 1.54) is 24.2 Å². The molecule has 0 unspecified atom stereocenters. The van der Waals surface area contributed by atoms with Gasteiger partial charge in [-0.3, -0.25) is 4.90 Å². The molecular formula is C12H17NO3S. The number of carboxylic acid groups (broad SMARTS) is 1. The van der Waals surface area contributed by atoms with Crippen molar-refractivity contribution in [1.29, 1.82) is 0 Å². The van der Waals surface area contributed by atoms with Crippen LogP contribution in [-0.2, 0) is 6.54 Å². The number of aryl methyl sites for hydroxylation is 1. The van der Waals surface area contributed by atoms with Crippen LogP contribution in [-0.4, -0.2) is 40.3 Å². The van der Waals surface area contributed by atoms with Crippen molar-refractivity contribution in [3.05, 3.63) is 21.4 Å². The zero-order valence-electron chi connectivity index (χ0n) is 9.85. The molecule has 17 heavy (non-hydrogen) atoms. The first-order valence-electron chi connectivity index (χ1n) is 5.79. The highest BCUT2D eigenvalue weighted by Gasteiger charge is 2.29. The van der Waals surface area contributed by atoms with E-state index in [2.05, 4.69) is 4.90 Å². The molecule has 0 radical (unpaired) electrons. The molecule has 2 N–H and O–H groups in total. The molecule has 2 rings (SSSR count). The van der Waals surface area contributed by atoms with Crippen molar-refractivity contribution < 1.29 is 15.0 Å². The Labute approximate surface area is 104 Å². The van der Waals surface area contributed by atoms with E-state index in [9.17, 15) is 4.79 Å². The van der Waals surface area contributed by atoms with Crippen LogP contribution in [0.4, 0.5) is 0 Å². The van der Waals surface area contributed by atoms with Crippen LogP contribution in [0.1, 0.15) is 33.0 Å². The Balaban J connectivity index is 2.08. The molecule has 0 saturated heterocycles.